The molecular weight excluding hydrogens is 186 g/mol. The first-order valence-electron chi connectivity index (χ1n) is 4.04. The summed E-state index contributed by atoms with van der Waals surface area (Å²) in [5.41, 5.74) is 1.22. The predicted molar refractivity (Wildman–Crippen MR) is 54.3 cm³/mol. The van der Waals surface area contributed by atoms with E-state index in [1.165, 1.54) is 0 Å². The van der Waals surface area contributed by atoms with E-state index in [9.17, 15) is 10.1 Å². The summed E-state index contributed by atoms with van der Waals surface area (Å²) >= 11 is 1.60. The zero-order valence-corrected chi connectivity index (χ0v) is 8.43. The highest BCUT2D eigenvalue weighted by atomic mass is 32.1. The third-order valence-corrected chi connectivity index (χ3v) is 2.68. The van der Waals surface area contributed by atoms with Crippen molar-refractivity contribution >= 4 is 17.4 Å². The molecule has 1 heterocycles. The normalized spacial score (nSPS) is 11.7. The molecule has 1 aromatic heterocycles. The van der Waals surface area contributed by atoms with Gasteiger partial charge in [0.05, 0.1) is 4.92 Å². The van der Waals surface area contributed by atoms with Crippen LogP contribution in [0.15, 0.2) is 17.1 Å². The van der Waals surface area contributed by atoms with Gasteiger partial charge in [0, 0.05) is 17.4 Å². The number of allylic oxidation sites excluding steroid dienone is 1. The number of nitrogens with zero attached hydrogens (tertiary/aromatic N) is 1. The first-order valence-corrected chi connectivity index (χ1v) is 4.92. The van der Waals surface area contributed by atoms with E-state index in [-0.39, 0.29) is 10.6 Å². The highest BCUT2D eigenvalue weighted by Crippen LogP contribution is 2.19. The molecule has 0 atom stereocenters. The van der Waals surface area contributed by atoms with Gasteiger partial charge in [-0.1, -0.05) is 6.92 Å². The van der Waals surface area contributed by atoms with Crippen LogP contribution in [0.25, 0.3) is 6.08 Å². The first-order chi connectivity index (χ1) is 6.15. The summed E-state index contributed by atoms with van der Waals surface area (Å²) in [5, 5.41) is 12.4. The maximum Gasteiger partial charge on any atom is 0.246 e. The summed E-state index contributed by atoms with van der Waals surface area (Å²) in [6.45, 7) is 3.75. The van der Waals surface area contributed by atoms with Crippen LogP contribution in [0.4, 0.5) is 0 Å². The van der Waals surface area contributed by atoms with Crippen LogP contribution in [-0.4, -0.2) is 4.92 Å². The molecule has 0 aliphatic rings. The summed E-state index contributed by atoms with van der Waals surface area (Å²) in [5.74, 6) is 0. The SMILES string of the molecule is CC/C(=C/c1ccsc1C)[N+](=O)[O-]. The molecule has 0 fully saturated rings. The number of thiophene rings is 1. The van der Waals surface area contributed by atoms with Crippen molar-refractivity contribution in [2.24, 2.45) is 0 Å². The molecule has 0 aromatic carbocycles. The molecule has 0 N–H and O–H groups in total. The molecule has 70 valence electrons. The van der Waals surface area contributed by atoms with Gasteiger partial charge in [-0.15, -0.1) is 11.3 Å². The molecule has 1 rings (SSSR count). The molecule has 0 saturated heterocycles. The molecule has 3 nitrogen and oxygen atoms in total. The van der Waals surface area contributed by atoms with Gasteiger partial charge in [-0.3, -0.25) is 10.1 Å². The van der Waals surface area contributed by atoms with Crippen molar-refractivity contribution in [3.05, 3.63) is 37.7 Å². The molecule has 0 spiro atoms. The lowest BCUT2D eigenvalue weighted by molar-refractivity contribution is -0.425. The van der Waals surface area contributed by atoms with Crippen LogP contribution in [0.2, 0.25) is 0 Å². The summed E-state index contributed by atoms with van der Waals surface area (Å²) in [6.07, 6.45) is 2.11. The van der Waals surface area contributed by atoms with E-state index in [0.717, 1.165) is 10.4 Å². The lowest BCUT2D eigenvalue weighted by atomic mass is 10.2. The number of hydrogen-bond acceptors (Lipinski definition) is 3. The Morgan fingerprint density at radius 3 is 2.85 bits per heavy atom. The second-order valence-electron chi connectivity index (χ2n) is 2.68. The largest absolute Gasteiger partial charge is 0.259 e. The molecule has 0 aliphatic heterocycles. The van der Waals surface area contributed by atoms with Crippen LogP contribution in [0.1, 0.15) is 23.8 Å². The quantitative estimate of drug-likeness (QED) is 0.552. The van der Waals surface area contributed by atoms with E-state index in [0.29, 0.717) is 6.42 Å². The molecule has 0 radical (unpaired) electrons. The maximum absolute atomic E-state index is 10.5. The Labute approximate surface area is 80.9 Å². The van der Waals surface area contributed by atoms with Gasteiger partial charge in [0.15, 0.2) is 0 Å². The van der Waals surface area contributed by atoms with Crippen LogP contribution in [0.5, 0.6) is 0 Å². The van der Waals surface area contributed by atoms with Gasteiger partial charge in [-0.2, -0.15) is 0 Å². The summed E-state index contributed by atoms with van der Waals surface area (Å²) in [7, 11) is 0. The highest BCUT2D eigenvalue weighted by Gasteiger charge is 2.08. The minimum Gasteiger partial charge on any atom is -0.259 e. The van der Waals surface area contributed by atoms with E-state index in [2.05, 4.69) is 0 Å². The Morgan fingerprint density at radius 1 is 1.77 bits per heavy atom. The summed E-state index contributed by atoms with van der Waals surface area (Å²) < 4.78 is 0. The summed E-state index contributed by atoms with van der Waals surface area (Å²) in [4.78, 5) is 11.3. The molecule has 0 bridgehead atoms. The van der Waals surface area contributed by atoms with Crippen molar-refractivity contribution in [1.82, 2.24) is 0 Å². The van der Waals surface area contributed by atoms with Crippen molar-refractivity contribution in [1.29, 1.82) is 0 Å². The van der Waals surface area contributed by atoms with Gasteiger partial charge in [0.2, 0.25) is 5.70 Å². The highest BCUT2D eigenvalue weighted by molar-refractivity contribution is 7.10. The molecule has 4 heteroatoms. The van der Waals surface area contributed by atoms with Crippen molar-refractivity contribution in [2.45, 2.75) is 20.3 Å². The van der Waals surface area contributed by atoms with Crippen molar-refractivity contribution in [3.63, 3.8) is 0 Å². The Balaban J connectivity index is 2.98. The third-order valence-electron chi connectivity index (χ3n) is 1.82. The Morgan fingerprint density at radius 2 is 2.46 bits per heavy atom. The smallest absolute Gasteiger partial charge is 0.246 e. The minimum atomic E-state index is -0.322. The first kappa shape index (κ1) is 9.92. The topological polar surface area (TPSA) is 43.1 Å². The van der Waals surface area contributed by atoms with E-state index in [1.54, 1.807) is 24.3 Å². The van der Waals surface area contributed by atoms with Crippen molar-refractivity contribution in [3.8, 4) is 0 Å². The molecule has 0 aliphatic carbocycles. The van der Waals surface area contributed by atoms with E-state index in [4.69, 9.17) is 0 Å². The Hall–Kier alpha value is -1.16. The number of hydrogen-bond donors (Lipinski definition) is 0. The van der Waals surface area contributed by atoms with Crippen molar-refractivity contribution < 1.29 is 4.92 Å². The lowest BCUT2D eigenvalue weighted by Crippen LogP contribution is -1.96. The second kappa shape index (κ2) is 4.18. The second-order valence-corrected chi connectivity index (χ2v) is 3.80. The van der Waals surface area contributed by atoms with E-state index < -0.39 is 0 Å². The summed E-state index contributed by atoms with van der Waals surface area (Å²) in [6, 6.07) is 1.90. The average Bonchev–Trinajstić information content (AvgIpc) is 2.46. The van der Waals surface area contributed by atoms with Gasteiger partial charge in [-0.25, -0.2) is 0 Å². The Bertz CT molecular complexity index is 341. The van der Waals surface area contributed by atoms with Gasteiger partial charge < -0.3 is 0 Å². The molecule has 0 unspecified atom stereocenters. The predicted octanol–water partition coefficient (Wildman–Crippen LogP) is 3.08. The fourth-order valence-corrected chi connectivity index (χ4v) is 1.69. The molecule has 0 saturated carbocycles. The maximum atomic E-state index is 10.5. The van der Waals surface area contributed by atoms with Gasteiger partial charge in [0.1, 0.15) is 0 Å². The molecule has 13 heavy (non-hydrogen) atoms. The third kappa shape index (κ3) is 2.39. The monoisotopic (exact) mass is 197 g/mol. The Kier molecular flexibility index (Phi) is 3.19. The van der Waals surface area contributed by atoms with Crippen LogP contribution < -0.4 is 0 Å². The zero-order chi connectivity index (χ0) is 9.84. The lowest BCUT2D eigenvalue weighted by Gasteiger charge is -1.93. The van der Waals surface area contributed by atoms with Crippen molar-refractivity contribution in [2.75, 3.05) is 0 Å². The van der Waals surface area contributed by atoms with Gasteiger partial charge in [-0.05, 0) is 23.9 Å². The minimum absolute atomic E-state index is 0.265. The van der Waals surface area contributed by atoms with Crippen LogP contribution >= 0.6 is 11.3 Å². The molecule has 1 aromatic rings. The fraction of sp³-hybridized carbons (Fsp3) is 0.333. The zero-order valence-electron chi connectivity index (χ0n) is 7.61. The molecule has 0 amide bonds. The van der Waals surface area contributed by atoms with Crippen LogP contribution in [0, 0.1) is 17.0 Å². The van der Waals surface area contributed by atoms with E-state index in [1.807, 2.05) is 18.4 Å². The average molecular weight is 197 g/mol. The van der Waals surface area contributed by atoms with E-state index >= 15 is 0 Å². The van der Waals surface area contributed by atoms with Gasteiger partial charge >= 0.3 is 0 Å². The number of aryl methyl sites for hydroxylation is 1. The standard InChI is InChI=1S/C9H11NO2S/c1-3-9(10(11)12)6-8-4-5-13-7(8)2/h4-6H,3H2,1-2H3/b9-6-. The van der Waals surface area contributed by atoms with Gasteiger partial charge in [0.25, 0.3) is 0 Å². The molecular formula is C9H11NO2S. The number of nitro groups is 1. The van der Waals surface area contributed by atoms with Crippen LogP contribution in [-0.2, 0) is 0 Å². The number of rotatable bonds is 3. The van der Waals surface area contributed by atoms with Crippen LogP contribution in [0.3, 0.4) is 0 Å². The fourth-order valence-electron chi connectivity index (χ4n) is 1.01.